The molecule has 0 aliphatic carbocycles. The van der Waals surface area contributed by atoms with Gasteiger partial charge in [0.2, 0.25) is 0 Å². The Morgan fingerprint density at radius 3 is 2.34 bits per heavy atom. The van der Waals surface area contributed by atoms with E-state index < -0.39 is 5.91 Å². The first-order valence-electron chi connectivity index (χ1n) is 9.70. The van der Waals surface area contributed by atoms with Crippen LogP contribution in [0.1, 0.15) is 10.5 Å². The van der Waals surface area contributed by atoms with Crippen molar-refractivity contribution >= 4 is 33.1 Å². The Bertz CT molecular complexity index is 1490. The smallest absolute Gasteiger partial charge is 0.279 e. The predicted molar refractivity (Wildman–Crippen MR) is 123 cm³/mol. The number of halogens is 1. The number of nitrogens with one attached hydrogen (secondary N) is 1. The second-order valence-electron chi connectivity index (χ2n) is 6.95. The first-order chi connectivity index (χ1) is 15.6. The summed E-state index contributed by atoms with van der Waals surface area (Å²) in [6.45, 7) is 0. The summed E-state index contributed by atoms with van der Waals surface area (Å²) in [5, 5.41) is 10.1. The molecule has 6 nitrogen and oxygen atoms in total. The van der Waals surface area contributed by atoms with Crippen LogP contribution in [-0.2, 0) is 0 Å². The molecule has 1 N–H and O–H groups in total. The Morgan fingerprint density at radius 2 is 1.59 bits per heavy atom. The van der Waals surface area contributed by atoms with Crippen molar-refractivity contribution in [1.29, 1.82) is 0 Å². The standard InChI is InChI=1S/C24H15FN4O2S/c25-16-12-10-15(11-13-16)20-14-32-24(26-20)27-22(30)21-18-8-4-5-9-19(18)23(31)29(28-21)17-6-2-1-3-7-17/h1-14H,(H,26,27,30). The van der Waals surface area contributed by atoms with Gasteiger partial charge >= 0.3 is 0 Å². The Hall–Kier alpha value is -4.17. The van der Waals surface area contributed by atoms with Gasteiger partial charge in [-0.15, -0.1) is 11.3 Å². The molecule has 32 heavy (non-hydrogen) atoms. The van der Waals surface area contributed by atoms with Crippen LogP contribution in [-0.4, -0.2) is 20.7 Å². The lowest BCUT2D eigenvalue weighted by Gasteiger charge is -2.10. The lowest BCUT2D eigenvalue weighted by atomic mass is 10.1. The zero-order chi connectivity index (χ0) is 22.1. The molecular weight excluding hydrogens is 427 g/mol. The number of hydrogen-bond acceptors (Lipinski definition) is 5. The van der Waals surface area contributed by atoms with Gasteiger partial charge in [-0.25, -0.2) is 9.37 Å². The number of rotatable bonds is 4. The van der Waals surface area contributed by atoms with Crippen molar-refractivity contribution < 1.29 is 9.18 Å². The van der Waals surface area contributed by atoms with Gasteiger partial charge in [0.1, 0.15) is 5.82 Å². The number of amides is 1. The fraction of sp³-hybridized carbons (Fsp3) is 0. The predicted octanol–water partition coefficient (Wildman–Crippen LogP) is 4.90. The van der Waals surface area contributed by atoms with Gasteiger partial charge < -0.3 is 0 Å². The van der Waals surface area contributed by atoms with Crippen molar-refractivity contribution in [2.45, 2.75) is 0 Å². The summed E-state index contributed by atoms with van der Waals surface area (Å²) in [5.74, 6) is -0.810. The first kappa shape index (κ1) is 19.8. The van der Waals surface area contributed by atoms with Crippen LogP contribution in [0.15, 0.2) is 89.0 Å². The molecule has 0 aliphatic heterocycles. The molecule has 2 aromatic heterocycles. The Kier molecular flexibility index (Phi) is 5.04. The first-order valence-corrected chi connectivity index (χ1v) is 10.6. The fourth-order valence-corrected chi connectivity index (χ4v) is 4.06. The number of benzene rings is 3. The van der Waals surface area contributed by atoms with Gasteiger partial charge in [0.25, 0.3) is 11.5 Å². The van der Waals surface area contributed by atoms with E-state index in [1.807, 2.05) is 6.07 Å². The van der Waals surface area contributed by atoms with E-state index in [2.05, 4.69) is 15.4 Å². The number of thiazole rings is 1. The summed E-state index contributed by atoms with van der Waals surface area (Å²) in [6, 6.07) is 21.8. The van der Waals surface area contributed by atoms with Gasteiger partial charge in [0.15, 0.2) is 10.8 Å². The number of carbonyl (C=O) groups is 1. The van der Waals surface area contributed by atoms with E-state index in [0.717, 1.165) is 5.56 Å². The highest BCUT2D eigenvalue weighted by Gasteiger charge is 2.19. The second kappa shape index (κ2) is 8.16. The zero-order valence-corrected chi connectivity index (χ0v) is 17.3. The van der Waals surface area contributed by atoms with Crippen LogP contribution in [0.4, 0.5) is 9.52 Å². The molecule has 0 saturated carbocycles. The largest absolute Gasteiger partial charge is 0.296 e. The van der Waals surface area contributed by atoms with Crippen molar-refractivity contribution in [2.75, 3.05) is 5.32 Å². The molecule has 5 aromatic rings. The van der Waals surface area contributed by atoms with E-state index >= 15 is 0 Å². The van der Waals surface area contributed by atoms with Crippen molar-refractivity contribution in [3.8, 4) is 16.9 Å². The lowest BCUT2D eigenvalue weighted by Crippen LogP contribution is -2.26. The van der Waals surface area contributed by atoms with Gasteiger partial charge in [-0.2, -0.15) is 9.78 Å². The molecule has 5 rings (SSSR count). The van der Waals surface area contributed by atoms with E-state index in [-0.39, 0.29) is 17.1 Å². The number of fused-ring (bicyclic) bond motifs is 1. The van der Waals surface area contributed by atoms with Crippen LogP contribution in [0.5, 0.6) is 0 Å². The van der Waals surface area contributed by atoms with E-state index in [4.69, 9.17) is 0 Å². The van der Waals surface area contributed by atoms with Gasteiger partial charge in [-0.05, 0) is 42.5 Å². The van der Waals surface area contributed by atoms with Crippen LogP contribution in [0.2, 0.25) is 0 Å². The Labute approximate surface area is 185 Å². The molecular formula is C24H15FN4O2S. The van der Waals surface area contributed by atoms with E-state index in [9.17, 15) is 14.0 Å². The number of para-hydroxylation sites is 1. The highest BCUT2D eigenvalue weighted by Crippen LogP contribution is 2.26. The van der Waals surface area contributed by atoms with Crippen molar-refractivity contribution in [3.63, 3.8) is 0 Å². The van der Waals surface area contributed by atoms with Crippen LogP contribution in [0.25, 0.3) is 27.7 Å². The minimum Gasteiger partial charge on any atom is -0.296 e. The molecule has 0 radical (unpaired) electrons. The number of nitrogens with zero attached hydrogens (tertiary/aromatic N) is 3. The highest BCUT2D eigenvalue weighted by atomic mass is 32.1. The molecule has 0 fully saturated rings. The van der Waals surface area contributed by atoms with Crippen LogP contribution >= 0.6 is 11.3 Å². The van der Waals surface area contributed by atoms with E-state index in [1.54, 1.807) is 66.0 Å². The third-order valence-electron chi connectivity index (χ3n) is 4.89. The zero-order valence-electron chi connectivity index (χ0n) is 16.5. The second-order valence-corrected chi connectivity index (χ2v) is 7.80. The minimum atomic E-state index is -0.481. The summed E-state index contributed by atoms with van der Waals surface area (Å²) in [6.07, 6.45) is 0. The summed E-state index contributed by atoms with van der Waals surface area (Å²) in [4.78, 5) is 30.5. The molecule has 156 valence electrons. The molecule has 0 atom stereocenters. The lowest BCUT2D eigenvalue weighted by molar-refractivity contribution is 0.102. The topological polar surface area (TPSA) is 76.9 Å². The maximum absolute atomic E-state index is 13.2. The summed E-state index contributed by atoms with van der Waals surface area (Å²) < 4.78 is 14.4. The molecule has 1 amide bonds. The molecule has 0 bridgehead atoms. The van der Waals surface area contributed by atoms with Crippen LogP contribution in [0.3, 0.4) is 0 Å². The number of hydrogen-bond donors (Lipinski definition) is 1. The number of aromatic nitrogens is 3. The highest BCUT2D eigenvalue weighted by molar-refractivity contribution is 7.14. The Balaban J connectivity index is 1.53. The van der Waals surface area contributed by atoms with E-state index in [0.29, 0.717) is 27.3 Å². The molecule has 0 aliphatic rings. The van der Waals surface area contributed by atoms with Crippen molar-refractivity contribution in [2.24, 2.45) is 0 Å². The van der Waals surface area contributed by atoms with Crippen LogP contribution < -0.4 is 10.9 Å². The molecule has 8 heteroatoms. The average molecular weight is 442 g/mol. The SMILES string of the molecule is O=C(Nc1nc(-c2ccc(F)cc2)cs1)c1nn(-c2ccccc2)c(=O)c2ccccc12. The maximum atomic E-state index is 13.2. The van der Waals surface area contributed by atoms with Crippen LogP contribution in [0, 0.1) is 5.82 Å². The van der Waals surface area contributed by atoms with Gasteiger partial charge in [0, 0.05) is 16.3 Å². The van der Waals surface area contributed by atoms with Crippen molar-refractivity contribution in [3.05, 3.63) is 106 Å². The molecule has 0 spiro atoms. The summed E-state index contributed by atoms with van der Waals surface area (Å²) in [5.41, 5.74) is 1.73. The summed E-state index contributed by atoms with van der Waals surface area (Å²) in [7, 11) is 0. The average Bonchev–Trinajstić information content (AvgIpc) is 3.29. The monoisotopic (exact) mass is 442 g/mol. The normalized spacial score (nSPS) is 10.9. The molecule has 0 unspecified atom stereocenters. The molecule has 2 heterocycles. The van der Waals surface area contributed by atoms with E-state index in [1.165, 1.54) is 28.2 Å². The van der Waals surface area contributed by atoms with Gasteiger partial charge in [0.05, 0.1) is 16.8 Å². The minimum absolute atomic E-state index is 0.114. The Morgan fingerprint density at radius 1 is 0.906 bits per heavy atom. The third kappa shape index (κ3) is 3.67. The van der Waals surface area contributed by atoms with Gasteiger partial charge in [-0.1, -0.05) is 36.4 Å². The maximum Gasteiger partial charge on any atom is 0.279 e. The quantitative estimate of drug-likeness (QED) is 0.430. The fourth-order valence-electron chi connectivity index (χ4n) is 3.34. The third-order valence-corrected chi connectivity index (χ3v) is 5.64. The molecule has 3 aromatic carbocycles. The number of anilines is 1. The van der Waals surface area contributed by atoms with Crippen molar-refractivity contribution in [1.82, 2.24) is 14.8 Å². The number of carbonyl (C=O) groups excluding carboxylic acids is 1. The summed E-state index contributed by atoms with van der Waals surface area (Å²) >= 11 is 1.25. The van der Waals surface area contributed by atoms with Gasteiger partial charge in [-0.3, -0.25) is 14.9 Å². The molecule has 0 saturated heterocycles.